The Balaban J connectivity index is 2.85. The number of carbonyl (C=O) groups excluding carboxylic acids is 1. The fraction of sp³-hybridized carbons (Fsp3) is 0.462. The minimum absolute atomic E-state index is 0.0943. The molecule has 2 unspecified atom stereocenters. The van der Waals surface area contributed by atoms with E-state index in [1.807, 2.05) is 0 Å². The van der Waals surface area contributed by atoms with Crippen LogP contribution < -0.4 is 10.5 Å². The highest BCUT2D eigenvalue weighted by molar-refractivity contribution is 9.10. The van der Waals surface area contributed by atoms with E-state index in [1.165, 1.54) is 19.2 Å². The highest BCUT2D eigenvalue weighted by Gasteiger charge is 2.32. The lowest BCUT2D eigenvalue weighted by Crippen LogP contribution is -2.48. The van der Waals surface area contributed by atoms with Crippen molar-refractivity contribution in [1.29, 1.82) is 0 Å². The SMILES string of the molecule is COC(=O)C(C)(N)CC(C)Oc1cccc([N+](=O)[O-])c1Br. The molecule has 0 amide bonds. The third kappa shape index (κ3) is 4.40. The van der Waals surface area contributed by atoms with Crippen LogP contribution in [0.4, 0.5) is 5.69 Å². The van der Waals surface area contributed by atoms with Gasteiger partial charge in [-0.3, -0.25) is 14.9 Å². The van der Waals surface area contributed by atoms with Gasteiger partial charge in [-0.05, 0) is 35.8 Å². The van der Waals surface area contributed by atoms with Crippen LogP contribution in [0.25, 0.3) is 0 Å². The molecule has 0 saturated carbocycles. The molecule has 0 spiro atoms. The summed E-state index contributed by atoms with van der Waals surface area (Å²) in [4.78, 5) is 21.9. The van der Waals surface area contributed by atoms with Gasteiger partial charge in [-0.15, -0.1) is 0 Å². The van der Waals surface area contributed by atoms with E-state index in [9.17, 15) is 14.9 Å². The van der Waals surface area contributed by atoms with Gasteiger partial charge in [0.25, 0.3) is 5.69 Å². The first-order valence-corrected chi connectivity index (χ1v) is 6.95. The number of methoxy groups -OCH3 is 1. The van der Waals surface area contributed by atoms with Crippen LogP contribution in [0.2, 0.25) is 0 Å². The zero-order valence-electron chi connectivity index (χ0n) is 12.0. The molecule has 2 N–H and O–H groups in total. The molecule has 1 aromatic rings. The van der Waals surface area contributed by atoms with E-state index in [4.69, 9.17) is 10.5 Å². The molecule has 21 heavy (non-hydrogen) atoms. The Morgan fingerprint density at radius 2 is 2.19 bits per heavy atom. The lowest BCUT2D eigenvalue weighted by atomic mass is 9.96. The normalized spacial score (nSPS) is 14.9. The smallest absolute Gasteiger partial charge is 0.325 e. The summed E-state index contributed by atoms with van der Waals surface area (Å²) < 4.78 is 10.5. The molecule has 1 rings (SSSR count). The van der Waals surface area contributed by atoms with Crippen molar-refractivity contribution in [2.24, 2.45) is 5.73 Å². The van der Waals surface area contributed by atoms with Crippen LogP contribution in [0.3, 0.4) is 0 Å². The number of carbonyl (C=O) groups is 1. The summed E-state index contributed by atoms with van der Waals surface area (Å²) in [6, 6.07) is 4.48. The summed E-state index contributed by atoms with van der Waals surface area (Å²) in [6.45, 7) is 3.26. The molecule has 0 fully saturated rings. The molecule has 0 aliphatic carbocycles. The van der Waals surface area contributed by atoms with Crippen molar-refractivity contribution < 1.29 is 19.2 Å². The molecule has 0 bridgehead atoms. The molecule has 1 aromatic carbocycles. The minimum atomic E-state index is -1.19. The van der Waals surface area contributed by atoms with Gasteiger partial charge in [-0.2, -0.15) is 0 Å². The quantitative estimate of drug-likeness (QED) is 0.474. The number of ether oxygens (including phenoxy) is 2. The Morgan fingerprint density at radius 1 is 1.57 bits per heavy atom. The first-order valence-electron chi connectivity index (χ1n) is 6.16. The van der Waals surface area contributed by atoms with Gasteiger partial charge >= 0.3 is 5.97 Å². The van der Waals surface area contributed by atoms with E-state index in [-0.39, 0.29) is 16.6 Å². The van der Waals surface area contributed by atoms with Gasteiger partial charge in [-0.1, -0.05) is 6.07 Å². The summed E-state index contributed by atoms with van der Waals surface area (Å²) in [6.07, 6.45) is -0.230. The van der Waals surface area contributed by atoms with E-state index in [0.717, 1.165) is 0 Å². The number of rotatable bonds is 6. The summed E-state index contributed by atoms with van der Waals surface area (Å²) in [7, 11) is 1.26. The zero-order chi connectivity index (χ0) is 16.2. The maximum atomic E-state index is 11.5. The molecule has 2 atom stereocenters. The number of esters is 1. The maximum Gasteiger partial charge on any atom is 0.325 e. The lowest BCUT2D eigenvalue weighted by molar-refractivity contribution is -0.385. The molecule has 0 heterocycles. The summed E-state index contributed by atoms with van der Waals surface area (Å²) in [5, 5.41) is 10.9. The van der Waals surface area contributed by atoms with Crippen molar-refractivity contribution >= 4 is 27.6 Å². The van der Waals surface area contributed by atoms with Crippen LogP contribution >= 0.6 is 15.9 Å². The van der Waals surface area contributed by atoms with Crippen molar-refractivity contribution in [1.82, 2.24) is 0 Å². The number of hydrogen-bond acceptors (Lipinski definition) is 6. The Kier molecular flexibility index (Phi) is 5.68. The van der Waals surface area contributed by atoms with Gasteiger partial charge < -0.3 is 15.2 Å². The van der Waals surface area contributed by atoms with E-state index < -0.39 is 22.5 Å². The second-order valence-corrected chi connectivity index (χ2v) is 5.68. The van der Waals surface area contributed by atoms with Gasteiger partial charge in [0.05, 0.1) is 18.1 Å². The van der Waals surface area contributed by atoms with Gasteiger partial charge in [0.1, 0.15) is 15.8 Å². The maximum absolute atomic E-state index is 11.5. The molecule has 7 nitrogen and oxygen atoms in total. The van der Waals surface area contributed by atoms with Gasteiger partial charge in [0.2, 0.25) is 0 Å². The lowest BCUT2D eigenvalue weighted by Gasteiger charge is -2.25. The third-order valence-corrected chi connectivity index (χ3v) is 3.63. The zero-order valence-corrected chi connectivity index (χ0v) is 13.5. The Morgan fingerprint density at radius 3 is 2.71 bits per heavy atom. The number of nitro groups is 1. The second kappa shape index (κ2) is 6.86. The average Bonchev–Trinajstić information content (AvgIpc) is 2.39. The van der Waals surface area contributed by atoms with Gasteiger partial charge in [0.15, 0.2) is 0 Å². The summed E-state index contributed by atoms with van der Waals surface area (Å²) in [5.74, 6) is -0.228. The predicted molar refractivity (Wildman–Crippen MR) is 80.1 cm³/mol. The van der Waals surface area contributed by atoms with Crippen molar-refractivity contribution in [3.05, 3.63) is 32.8 Å². The van der Waals surface area contributed by atoms with Crippen molar-refractivity contribution in [3.63, 3.8) is 0 Å². The summed E-state index contributed by atoms with van der Waals surface area (Å²) in [5.41, 5.74) is 4.58. The molecular formula is C13H17BrN2O5. The summed E-state index contributed by atoms with van der Waals surface area (Å²) >= 11 is 3.14. The van der Waals surface area contributed by atoms with E-state index in [2.05, 4.69) is 20.7 Å². The number of benzene rings is 1. The van der Waals surface area contributed by atoms with Crippen LogP contribution in [-0.2, 0) is 9.53 Å². The second-order valence-electron chi connectivity index (χ2n) is 4.89. The van der Waals surface area contributed by atoms with Crippen LogP contribution in [0, 0.1) is 10.1 Å². The van der Waals surface area contributed by atoms with Crippen molar-refractivity contribution in [3.8, 4) is 5.75 Å². The fourth-order valence-electron chi connectivity index (χ4n) is 1.90. The molecular weight excluding hydrogens is 344 g/mol. The van der Waals surface area contributed by atoms with E-state index in [1.54, 1.807) is 19.9 Å². The molecule has 0 saturated heterocycles. The Hall–Kier alpha value is -1.67. The topological polar surface area (TPSA) is 105 Å². The van der Waals surface area contributed by atoms with Gasteiger partial charge in [-0.25, -0.2) is 0 Å². The first-order chi connectivity index (χ1) is 9.69. The highest BCUT2D eigenvalue weighted by atomic mass is 79.9. The van der Waals surface area contributed by atoms with Crippen molar-refractivity contribution in [2.45, 2.75) is 31.9 Å². The van der Waals surface area contributed by atoms with E-state index in [0.29, 0.717) is 5.75 Å². The number of nitro benzene ring substituents is 1. The Labute approximate surface area is 130 Å². The molecule has 0 aromatic heterocycles. The predicted octanol–water partition coefficient (Wildman–Crippen LogP) is 2.41. The average molecular weight is 361 g/mol. The number of hydrogen-bond donors (Lipinski definition) is 1. The van der Waals surface area contributed by atoms with Crippen LogP contribution in [0.1, 0.15) is 20.3 Å². The molecule has 116 valence electrons. The van der Waals surface area contributed by atoms with Gasteiger partial charge in [0, 0.05) is 12.5 Å². The fourth-order valence-corrected chi connectivity index (χ4v) is 2.41. The monoisotopic (exact) mass is 360 g/mol. The standard InChI is InChI=1S/C13H17BrN2O5/c1-8(7-13(2,15)12(17)20-3)21-10-6-4-5-9(11(10)14)16(18)19/h4-6,8H,7,15H2,1-3H3. The number of halogens is 1. The van der Waals surface area contributed by atoms with Crippen LogP contribution in [0.5, 0.6) is 5.75 Å². The Bertz CT molecular complexity index is 547. The highest BCUT2D eigenvalue weighted by Crippen LogP contribution is 2.34. The number of nitrogens with two attached hydrogens (primary N) is 1. The minimum Gasteiger partial charge on any atom is -0.489 e. The van der Waals surface area contributed by atoms with Crippen molar-refractivity contribution in [2.75, 3.05) is 7.11 Å². The molecule has 0 aliphatic heterocycles. The van der Waals surface area contributed by atoms with Crippen LogP contribution in [-0.4, -0.2) is 29.6 Å². The third-order valence-electron chi connectivity index (χ3n) is 2.83. The number of nitrogens with zero attached hydrogens (tertiary/aromatic N) is 1. The molecule has 8 heteroatoms. The molecule has 0 radical (unpaired) electrons. The molecule has 0 aliphatic rings. The first kappa shape index (κ1) is 17.4. The largest absolute Gasteiger partial charge is 0.489 e. The van der Waals surface area contributed by atoms with Crippen LogP contribution in [0.15, 0.2) is 22.7 Å². The van der Waals surface area contributed by atoms with E-state index >= 15 is 0 Å².